The standard InChI is InChI=1S/C11H18BrNOS/c1-8(9(2)13-4-5-14-3)10-6-15-7-11(10)12/h6-9,13H,4-5H2,1-3H3. The highest BCUT2D eigenvalue weighted by Gasteiger charge is 2.16. The molecule has 1 heterocycles. The molecule has 0 saturated carbocycles. The van der Waals surface area contributed by atoms with Crippen LogP contribution in [0, 0.1) is 0 Å². The van der Waals surface area contributed by atoms with Crippen LogP contribution in [0.25, 0.3) is 0 Å². The summed E-state index contributed by atoms with van der Waals surface area (Å²) in [5.74, 6) is 0.516. The van der Waals surface area contributed by atoms with E-state index in [0.717, 1.165) is 13.2 Å². The zero-order valence-corrected chi connectivity index (χ0v) is 11.8. The number of thiophene rings is 1. The molecule has 0 saturated heterocycles. The monoisotopic (exact) mass is 291 g/mol. The van der Waals surface area contributed by atoms with E-state index >= 15 is 0 Å². The van der Waals surface area contributed by atoms with Gasteiger partial charge in [0.1, 0.15) is 0 Å². The Morgan fingerprint density at radius 1 is 1.47 bits per heavy atom. The van der Waals surface area contributed by atoms with Crippen molar-refractivity contribution in [1.82, 2.24) is 5.32 Å². The average Bonchev–Trinajstić information content (AvgIpc) is 2.63. The molecule has 1 aromatic heterocycles. The third-order valence-corrected chi connectivity index (χ3v) is 4.41. The summed E-state index contributed by atoms with van der Waals surface area (Å²) in [6, 6.07) is 0.464. The van der Waals surface area contributed by atoms with Crippen molar-refractivity contribution < 1.29 is 4.74 Å². The lowest BCUT2D eigenvalue weighted by molar-refractivity contribution is 0.195. The van der Waals surface area contributed by atoms with Gasteiger partial charge in [-0.15, -0.1) is 0 Å². The minimum absolute atomic E-state index is 0.464. The van der Waals surface area contributed by atoms with Crippen LogP contribution in [-0.4, -0.2) is 26.3 Å². The number of halogens is 1. The van der Waals surface area contributed by atoms with Gasteiger partial charge in [0.15, 0.2) is 0 Å². The van der Waals surface area contributed by atoms with Crippen LogP contribution in [0.1, 0.15) is 25.3 Å². The van der Waals surface area contributed by atoms with E-state index in [1.54, 1.807) is 18.4 Å². The molecule has 0 aliphatic carbocycles. The third kappa shape index (κ3) is 3.87. The molecule has 1 rings (SSSR count). The first-order valence-corrected chi connectivity index (χ1v) is 6.84. The van der Waals surface area contributed by atoms with Gasteiger partial charge < -0.3 is 10.1 Å². The maximum Gasteiger partial charge on any atom is 0.0587 e. The quantitative estimate of drug-likeness (QED) is 0.813. The van der Waals surface area contributed by atoms with Crippen LogP contribution in [0.2, 0.25) is 0 Å². The van der Waals surface area contributed by atoms with E-state index in [0.29, 0.717) is 12.0 Å². The zero-order valence-electron chi connectivity index (χ0n) is 9.42. The fourth-order valence-corrected chi connectivity index (χ4v) is 3.21. The highest BCUT2D eigenvalue weighted by Crippen LogP contribution is 2.30. The summed E-state index contributed by atoms with van der Waals surface area (Å²) in [5.41, 5.74) is 1.39. The van der Waals surface area contributed by atoms with Crippen molar-refractivity contribution in [2.45, 2.75) is 25.8 Å². The first kappa shape index (κ1) is 13.2. The van der Waals surface area contributed by atoms with Gasteiger partial charge in [-0.25, -0.2) is 0 Å². The molecule has 2 unspecified atom stereocenters. The van der Waals surface area contributed by atoms with Crippen LogP contribution in [0.15, 0.2) is 15.2 Å². The van der Waals surface area contributed by atoms with E-state index < -0.39 is 0 Å². The van der Waals surface area contributed by atoms with Gasteiger partial charge in [0.2, 0.25) is 0 Å². The minimum atomic E-state index is 0.464. The molecule has 0 fully saturated rings. The first-order chi connectivity index (χ1) is 7.16. The van der Waals surface area contributed by atoms with Gasteiger partial charge in [-0.1, -0.05) is 6.92 Å². The molecule has 0 aromatic carbocycles. The van der Waals surface area contributed by atoms with Gasteiger partial charge in [0.25, 0.3) is 0 Å². The minimum Gasteiger partial charge on any atom is -0.383 e. The molecule has 15 heavy (non-hydrogen) atoms. The molecule has 0 aliphatic rings. The van der Waals surface area contributed by atoms with Crippen LogP contribution >= 0.6 is 27.3 Å². The zero-order chi connectivity index (χ0) is 11.3. The second-order valence-electron chi connectivity index (χ2n) is 3.70. The second kappa shape index (κ2) is 6.63. The largest absolute Gasteiger partial charge is 0.383 e. The maximum absolute atomic E-state index is 5.02. The second-order valence-corrected chi connectivity index (χ2v) is 5.30. The van der Waals surface area contributed by atoms with Gasteiger partial charge in [0.05, 0.1) is 6.61 Å². The predicted octanol–water partition coefficient (Wildman–Crippen LogP) is 3.24. The van der Waals surface area contributed by atoms with Gasteiger partial charge >= 0.3 is 0 Å². The van der Waals surface area contributed by atoms with Crippen LogP contribution in [0.4, 0.5) is 0 Å². The Morgan fingerprint density at radius 2 is 2.20 bits per heavy atom. The van der Waals surface area contributed by atoms with E-state index in [1.165, 1.54) is 10.0 Å². The van der Waals surface area contributed by atoms with Crippen LogP contribution in [0.3, 0.4) is 0 Å². The Balaban J connectivity index is 2.46. The number of hydrogen-bond donors (Lipinski definition) is 1. The Kier molecular flexibility index (Phi) is 5.82. The van der Waals surface area contributed by atoms with E-state index in [2.05, 4.69) is 45.9 Å². The summed E-state index contributed by atoms with van der Waals surface area (Å²) in [6.07, 6.45) is 0. The fraction of sp³-hybridized carbons (Fsp3) is 0.636. The highest BCUT2D eigenvalue weighted by molar-refractivity contribution is 9.10. The van der Waals surface area contributed by atoms with E-state index in [1.807, 2.05) is 0 Å². The average molecular weight is 292 g/mol. The first-order valence-electron chi connectivity index (χ1n) is 5.10. The van der Waals surface area contributed by atoms with Crippen molar-refractivity contribution in [1.29, 1.82) is 0 Å². The molecule has 4 heteroatoms. The Morgan fingerprint density at radius 3 is 2.73 bits per heavy atom. The molecule has 1 N–H and O–H groups in total. The predicted molar refractivity (Wildman–Crippen MR) is 69.8 cm³/mol. The van der Waals surface area contributed by atoms with Crippen LogP contribution in [-0.2, 0) is 4.74 Å². The summed E-state index contributed by atoms with van der Waals surface area (Å²) in [6.45, 7) is 6.13. The number of ether oxygens (including phenoxy) is 1. The van der Waals surface area contributed by atoms with E-state index in [9.17, 15) is 0 Å². The lowest BCUT2D eigenvalue weighted by Gasteiger charge is -2.21. The Hall–Kier alpha value is 0.100. The molecule has 86 valence electrons. The molecule has 0 radical (unpaired) electrons. The van der Waals surface area contributed by atoms with Gasteiger partial charge in [-0.05, 0) is 39.7 Å². The normalized spacial score (nSPS) is 15.2. The molecule has 0 spiro atoms. The number of nitrogens with one attached hydrogen (secondary N) is 1. The summed E-state index contributed by atoms with van der Waals surface area (Å²) in [4.78, 5) is 0. The van der Waals surface area contributed by atoms with Gasteiger partial charge in [-0.3, -0.25) is 0 Å². The lowest BCUT2D eigenvalue weighted by Crippen LogP contribution is -2.33. The maximum atomic E-state index is 5.02. The summed E-state index contributed by atoms with van der Waals surface area (Å²) < 4.78 is 6.24. The van der Waals surface area contributed by atoms with Crippen molar-refractivity contribution in [3.05, 3.63) is 20.8 Å². The Labute approximate surface area is 104 Å². The fourth-order valence-electron chi connectivity index (χ4n) is 1.45. The lowest BCUT2D eigenvalue weighted by atomic mass is 9.97. The van der Waals surface area contributed by atoms with Crippen molar-refractivity contribution >= 4 is 27.3 Å². The van der Waals surface area contributed by atoms with Crippen molar-refractivity contribution in [2.24, 2.45) is 0 Å². The molecule has 2 atom stereocenters. The molecule has 1 aromatic rings. The highest BCUT2D eigenvalue weighted by atomic mass is 79.9. The number of methoxy groups -OCH3 is 1. The summed E-state index contributed by atoms with van der Waals surface area (Å²) in [7, 11) is 1.73. The van der Waals surface area contributed by atoms with Crippen molar-refractivity contribution in [3.8, 4) is 0 Å². The number of rotatable bonds is 6. The summed E-state index contributed by atoms with van der Waals surface area (Å²) in [5, 5.41) is 7.80. The van der Waals surface area contributed by atoms with E-state index in [-0.39, 0.29) is 0 Å². The molecule has 2 nitrogen and oxygen atoms in total. The molecule has 0 bridgehead atoms. The smallest absolute Gasteiger partial charge is 0.0587 e. The molecular weight excluding hydrogens is 274 g/mol. The van der Waals surface area contributed by atoms with Gasteiger partial charge in [-0.2, -0.15) is 11.3 Å². The third-order valence-electron chi connectivity index (χ3n) is 2.66. The summed E-state index contributed by atoms with van der Waals surface area (Å²) >= 11 is 5.32. The SMILES string of the molecule is COCCNC(C)C(C)c1cscc1Br. The van der Waals surface area contributed by atoms with Crippen LogP contribution < -0.4 is 5.32 Å². The number of hydrogen-bond acceptors (Lipinski definition) is 3. The van der Waals surface area contributed by atoms with E-state index in [4.69, 9.17) is 4.74 Å². The molecule has 0 amide bonds. The van der Waals surface area contributed by atoms with Crippen LogP contribution in [0.5, 0.6) is 0 Å². The van der Waals surface area contributed by atoms with Crippen molar-refractivity contribution in [2.75, 3.05) is 20.3 Å². The van der Waals surface area contributed by atoms with Crippen molar-refractivity contribution in [3.63, 3.8) is 0 Å². The molecule has 0 aliphatic heterocycles. The van der Waals surface area contributed by atoms with Gasteiger partial charge in [0, 0.05) is 29.5 Å². The molecular formula is C11H18BrNOS. The Bertz CT molecular complexity index is 290. The topological polar surface area (TPSA) is 21.3 Å².